The Hall–Kier alpha value is -1.05. The SMILES string of the molecule is C[C@@H]1O[C@@H](O[C@@H]2[C@H](CO)OCC[C@H]2O[C@@H]2O[C@@H](CO)[C@H](O)C(O[C@@H](CC3CCCCC3)C(=O)O)[C@@H]2O)[C@@H](O)[C@@H](O)[C@@H]1O. The average Bonchev–Trinajstić information content (AvgIpc) is 2.98. The monoisotopic (exact) mass is 610 g/mol. The van der Waals surface area contributed by atoms with Crippen LogP contribution in [0.5, 0.6) is 0 Å². The van der Waals surface area contributed by atoms with Crippen LogP contribution in [0.15, 0.2) is 0 Å². The molecule has 3 heterocycles. The van der Waals surface area contributed by atoms with E-state index in [4.69, 9.17) is 28.4 Å². The van der Waals surface area contributed by atoms with Crippen molar-refractivity contribution in [3.05, 3.63) is 0 Å². The molecule has 15 heteroatoms. The molecule has 4 rings (SSSR count). The Bertz CT molecular complexity index is 842. The number of aliphatic hydroxyl groups excluding tert-OH is 7. The lowest BCUT2D eigenvalue weighted by atomic mass is 9.85. The van der Waals surface area contributed by atoms with Crippen LogP contribution in [0.3, 0.4) is 0 Å². The minimum atomic E-state index is -1.68. The number of carboxylic acid groups (broad SMARTS) is 1. The number of ether oxygens (including phenoxy) is 6. The van der Waals surface area contributed by atoms with Gasteiger partial charge in [-0.3, -0.25) is 0 Å². The van der Waals surface area contributed by atoms with Gasteiger partial charge in [-0.05, 0) is 25.7 Å². The molecule has 0 aromatic carbocycles. The standard InChI is InChI=1S/C27H46O15/c1-12-18(30)20(32)21(33)26(38-12)42-23-14(7-8-37-17(23)11-29)40-27-22(34)24(19(31)16(10-28)41-27)39-15(25(35)36)9-13-5-3-2-4-6-13/h12-24,26-34H,2-11H2,1H3,(H,35,36)/t12-,14+,15-,16-,17-,18+,19-,20-,21-,22-,23-,24?,26-,27+/m0/s1. The topological polar surface area (TPSA) is 234 Å². The smallest absolute Gasteiger partial charge is 0.332 e. The number of aliphatic hydroxyl groups is 7. The molecule has 14 atom stereocenters. The highest BCUT2D eigenvalue weighted by Crippen LogP contribution is 2.34. The van der Waals surface area contributed by atoms with Gasteiger partial charge in [-0.2, -0.15) is 0 Å². The van der Waals surface area contributed by atoms with Gasteiger partial charge in [0.1, 0.15) is 54.9 Å². The van der Waals surface area contributed by atoms with E-state index in [1.54, 1.807) is 0 Å². The molecule has 1 aliphatic carbocycles. The van der Waals surface area contributed by atoms with E-state index in [1.807, 2.05) is 0 Å². The first-order chi connectivity index (χ1) is 20.0. The Kier molecular flexibility index (Phi) is 12.3. The number of hydrogen-bond acceptors (Lipinski definition) is 14. The summed E-state index contributed by atoms with van der Waals surface area (Å²) in [6, 6.07) is 0. The van der Waals surface area contributed by atoms with Crippen LogP contribution < -0.4 is 0 Å². The van der Waals surface area contributed by atoms with E-state index in [-0.39, 0.29) is 25.4 Å². The molecule has 3 aliphatic heterocycles. The van der Waals surface area contributed by atoms with E-state index < -0.39 is 105 Å². The van der Waals surface area contributed by atoms with E-state index in [1.165, 1.54) is 6.92 Å². The third-order valence-electron chi connectivity index (χ3n) is 8.75. The van der Waals surface area contributed by atoms with E-state index >= 15 is 0 Å². The summed E-state index contributed by atoms with van der Waals surface area (Å²) in [5.41, 5.74) is 0. The zero-order valence-corrected chi connectivity index (χ0v) is 23.7. The highest BCUT2D eigenvalue weighted by Gasteiger charge is 2.51. The van der Waals surface area contributed by atoms with Crippen molar-refractivity contribution in [3.8, 4) is 0 Å². The molecule has 0 amide bonds. The van der Waals surface area contributed by atoms with Crippen molar-refractivity contribution in [2.75, 3.05) is 19.8 Å². The Morgan fingerprint density at radius 2 is 1.45 bits per heavy atom. The van der Waals surface area contributed by atoms with Gasteiger partial charge in [0.05, 0.1) is 25.4 Å². The third-order valence-corrected chi connectivity index (χ3v) is 8.75. The predicted octanol–water partition coefficient (Wildman–Crippen LogP) is -2.39. The van der Waals surface area contributed by atoms with Crippen LogP contribution in [-0.2, 0) is 33.2 Å². The maximum Gasteiger partial charge on any atom is 0.332 e. The van der Waals surface area contributed by atoms with E-state index in [9.17, 15) is 45.6 Å². The molecule has 0 aromatic rings. The average molecular weight is 611 g/mol. The molecule has 0 bridgehead atoms. The summed E-state index contributed by atoms with van der Waals surface area (Å²) in [4.78, 5) is 12.1. The van der Waals surface area contributed by atoms with Gasteiger partial charge in [-0.25, -0.2) is 4.79 Å². The Morgan fingerprint density at radius 1 is 0.786 bits per heavy atom. The van der Waals surface area contributed by atoms with Crippen molar-refractivity contribution < 1.29 is 74.1 Å². The van der Waals surface area contributed by atoms with Gasteiger partial charge in [0, 0.05) is 6.61 Å². The summed E-state index contributed by atoms with van der Waals surface area (Å²) in [5, 5.41) is 82.4. The van der Waals surface area contributed by atoms with Gasteiger partial charge in [-0.1, -0.05) is 32.1 Å². The summed E-state index contributed by atoms with van der Waals surface area (Å²) in [5.74, 6) is -1.11. The van der Waals surface area contributed by atoms with Crippen LogP contribution in [0.1, 0.15) is 51.9 Å². The zero-order valence-electron chi connectivity index (χ0n) is 23.7. The van der Waals surface area contributed by atoms with Crippen molar-refractivity contribution in [2.24, 2.45) is 5.92 Å². The van der Waals surface area contributed by atoms with Gasteiger partial charge in [-0.15, -0.1) is 0 Å². The Labute approximate surface area is 243 Å². The zero-order chi connectivity index (χ0) is 30.6. The number of rotatable bonds is 11. The number of aliphatic carboxylic acids is 1. The van der Waals surface area contributed by atoms with Crippen molar-refractivity contribution in [1.82, 2.24) is 0 Å². The van der Waals surface area contributed by atoms with Crippen molar-refractivity contribution in [3.63, 3.8) is 0 Å². The molecular weight excluding hydrogens is 564 g/mol. The normalized spacial score (nSPS) is 44.5. The second-order valence-electron chi connectivity index (χ2n) is 11.7. The van der Waals surface area contributed by atoms with Crippen molar-refractivity contribution in [1.29, 1.82) is 0 Å². The fraction of sp³-hybridized carbons (Fsp3) is 0.963. The van der Waals surface area contributed by atoms with Crippen molar-refractivity contribution in [2.45, 2.75) is 138 Å². The molecule has 0 spiro atoms. The maximum atomic E-state index is 12.1. The molecule has 42 heavy (non-hydrogen) atoms. The lowest BCUT2D eigenvalue weighted by Crippen LogP contribution is -2.63. The molecule has 4 aliphatic rings. The van der Waals surface area contributed by atoms with Crippen LogP contribution >= 0.6 is 0 Å². The van der Waals surface area contributed by atoms with E-state index in [0.717, 1.165) is 32.1 Å². The summed E-state index contributed by atoms with van der Waals surface area (Å²) < 4.78 is 34.5. The molecule has 15 nitrogen and oxygen atoms in total. The first-order valence-corrected chi connectivity index (χ1v) is 14.8. The lowest BCUT2D eigenvalue weighted by molar-refractivity contribution is -0.356. The highest BCUT2D eigenvalue weighted by molar-refractivity contribution is 5.72. The van der Waals surface area contributed by atoms with Gasteiger partial charge >= 0.3 is 5.97 Å². The van der Waals surface area contributed by atoms with E-state index in [0.29, 0.717) is 0 Å². The summed E-state index contributed by atoms with van der Waals surface area (Å²) in [6.07, 6.45) is -13.6. The summed E-state index contributed by atoms with van der Waals surface area (Å²) >= 11 is 0. The van der Waals surface area contributed by atoms with Crippen LogP contribution in [0.2, 0.25) is 0 Å². The van der Waals surface area contributed by atoms with Crippen LogP contribution in [-0.4, -0.2) is 152 Å². The molecule has 1 saturated carbocycles. The minimum absolute atomic E-state index is 0.110. The molecule has 3 saturated heterocycles. The number of hydrogen-bond donors (Lipinski definition) is 8. The molecular formula is C27H46O15. The molecule has 1 unspecified atom stereocenters. The van der Waals surface area contributed by atoms with E-state index in [2.05, 4.69) is 0 Å². The maximum absolute atomic E-state index is 12.1. The van der Waals surface area contributed by atoms with Gasteiger partial charge in [0.15, 0.2) is 18.7 Å². The first-order valence-electron chi connectivity index (χ1n) is 14.8. The largest absolute Gasteiger partial charge is 0.479 e. The van der Waals surface area contributed by atoms with Gasteiger partial charge in [0.2, 0.25) is 0 Å². The quantitative estimate of drug-likeness (QED) is 0.122. The highest BCUT2D eigenvalue weighted by atomic mass is 16.7. The Balaban J connectivity index is 1.49. The second kappa shape index (κ2) is 15.3. The third kappa shape index (κ3) is 7.77. The molecule has 4 fully saturated rings. The summed E-state index contributed by atoms with van der Waals surface area (Å²) in [6.45, 7) is 0.393. The van der Waals surface area contributed by atoms with Gasteiger partial charge in [0.25, 0.3) is 0 Å². The fourth-order valence-corrected chi connectivity index (χ4v) is 6.22. The minimum Gasteiger partial charge on any atom is -0.479 e. The van der Waals surface area contributed by atoms with Crippen LogP contribution in [0, 0.1) is 5.92 Å². The van der Waals surface area contributed by atoms with Crippen molar-refractivity contribution >= 4 is 5.97 Å². The molecule has 0 aromatic heterocycles. The molecule has 0 radical (unpaired) electrons. The molecule has 244 valence electrons. The Morgan fingerprint density at radius 3 is 2.10 bits per heavy atom. The number of carboxylic acids is 1. The first kappa shape index (κ1) is 33.8. The fourth-order valence-electron chi connectivity index (χ4n) is 6.22. The van der Waals surface area contributed by atoms with Crippen LogP contribution in [0.25, 0.3) is 0 Å². The lowest BCUT2D eigenvalue weighted by Gasteiger charge is -2.47. The number of carbonyl (C=O) groups is 1. The second-order valence-corrected chi connectivity index (χ2v) is 11.7. The summed E-state index contributed by atoms with van der Waals surface area (Å²) in [7, 11) is 0. The van der Waals surface area contributed by atoms with Crippen LogP contribution in [0.4, 0.5) is 0 Å². The molecule has 8 N–H and O–H groups in total. The predicted molar refractivity (Wildman–Crippen MR) is 139 cm³/mol. The van der Waals surface area contributed by atoms with Gasteiger partial charge < -0.3 is 69.3 Å².